The Morgan fingerprint density at radius 2 is 2.17 bits per heavy atom. The standard InChI is InChI=1S/C11H15NO4S2/c1-7-5-6-10(17-7)18(15,16)12-9-4-2-3-8(9)11(13)14/h5-6,8-9,12H,2-4H2,1H3,(H,13,14). The van der Waals surface area contributed by atoms with Gasteiger partial charge < -0.3 is 5.11 Å². The fourth-order valence-corrected chi connectivity index (χ4v) is 4.82. The highest BCUT2D eigenvalue weighted by Crippen LogP contribution is 2.28. The van der Waals surface area contributed by atoms with Crippen LogP contribution in [0.5, 0.6) is 0 Å². The normalized spacial score (nSPS) is 24.3. The summed E-state index contributed by atoms with van der Waals surface area (Å²) in [5, 5.41) is 9.02. The summed E-state index contributed by atoms with van der Waals surface area (Å²) in [4.78, 5) is 11.9. The molecule has 0 bridgehead atoms. The van der Waals surface area contributed by atoms with E-state index in [1.165, 1.54) is 11.3 Å². The number of carboxylic acid groups (broad SMARTS) is 1. The van der Waals surface area contributed by atoms with Crippen LogP contribution in [-0.2, 0) is 14.8 Å². The van der Waals surface area contributed by atoms with Crippen molar-refractivity contribution in [2.45, 2.75) is 36.4 Å². The van der Waals surface area contributed by atoms with Crippen LogP contribution in [0, 0.1) is 12.8 Å². The Bertz CT molecular complexity index is 549. The highest BCUT2D eigenvalue weighted by Gasteiger charge is 2.36. The molecule has 2 unspecified atom stereocenters. The third kappa shape index (κ3) is 2.73. The lowest BCUT2D eigenvalue weighted by Gasteiger charge is -2.16. The van der Waals surface area contributed by atoms with Gasteiger partial charge in [0.2, 0.25) is 10.0 Å². The Balaban J connectivity index is 2.16. The van der Waals surface area contributed by atoms with Gasteiger partial charge in [-0.15, -0.1) is 11.3 Å². The molecule has 1 fully saturated rings. The van der Waals surface area contributed by atoms with Crippen LogP contribution in [0.3, 0.4) is 0 Å². The van der Waals surface area contributed by atoms with E-state index in [1.807, 2.05) is 6.92 Å². The zero-order valence-corrected chi connectivity index (χ0v) is 11.6. The van der Waals surface area contributed by atoms with Gasteiger partial charge in [0.25, 0.3) is 0 Å². The molecule has 100 valence electrons. The zero-order valence-electron chi connectivity index (χ0n) is 9.92. The van der Waals surface area contributed by atoms with Crippen molar-refractivity contribution in [1.29, 1.82) is 0 Å². The number of hydrogen-bond donors (Lipinski definition) is 2. The molecule has 2 rings (SSSR count). The third-order valence-electron chi connectivity index (χ3n) is 3.12. The number of nitrogens with one attached hydrogen (secondary N) is 1. The first-order chi connectivity index (χ1) is 8.40. The van der Waals surface area contributed by atoms with Crippen molar-refractivity contribution in [1.82, 2.24) is 4.72 Å². The molecule has 2 atom stereocenters. The van der Waals surface area contributed by atoms with Gasteiger partial charge in [0.1, 0.15) is 4.21 Å². The first-order valence-corrected chi connectivity index (χ1v) is 8.02. The van der Waals surface area contributed by atoms with Crippen LogP contribution >= 0.6 is 11.3 Å². The molecule has 1 aromatic rings. The van der Waals surface area contributed by atoms with Crippen LogP contribution in [0.2, 0.25) is 0 Å². The second-order valence-electron chi connectivity index (χ2n) is 4.47. The zero-order chi connectivity index (χ0) is 13.3. The molecule has 0 saturated heterocycles. The predicted octanol–water partition coefficient (Wildman–Crippen LogP) is 1.59. The number of aryl methyl sites for hydroxylation is 1. The maximum Gasteiger partial charge on any atom is 0.308 e. The lowest BCUT2D eigenvalue weighted by molar-refractivity contribution is -0.141. The van der Waals surface area contributed by atoms with Crippen molar-refractivity contribution in [2.75, 3.05) is 0 Å². The van der Waals surface area contributed by atoms with Gasteiger partial charge in [-0.05, 0) is 31.9 Å². The van der Waals surface area contributed by atoms with Crippen LogP contribution in [0.25, 0.3) is 0 Å². The Morgan fingerprint density at radius 1 is 1.44 bits per heavy atom. The number of hydrogen-bond acceptors (Lipinski definition) is 4. The molecular weight excluding hydrogens is 274 g/mol. The fourth-order valence-electron chi connectivity index (χ4n) is 2.21. The third-order valence-corrected chi connectivity index (χ3v) is 6.10. The van der Waals surface area contributed by atoms with Gasteiger partial charge in [0, 0.05) is 10.9 Å². The molecule has 2 N–H and O–H groups in total. The average Bonchev–Trinajstić information content (AvgIpc) is 2.86. The minimum absolute atomic E-state index is 0.246. The molecule has 0 amide bonds. The summed E-state index contributed by atoms with van der Waals surface area (Å²) < 4.78 is 26.9. The van der Waals surface area contributed by atoms with E-state index >= 15 is 0 Å². The largest absolute Gasteiger partial charge is 0.481 e. The quantitative estimate of drug-likeness (QED) is 0.881. The summed E-state index contributed by atoms with van der Waals surface area (Å²) in [6.45, 7) is 1.83. The molecule has 1 heterocycles. The van der Waals surface area contributed by atoms with Crippen LogP contribution in [0.4, 0.5) is 0 Å². The van der Waals surface area contributed by atoms with E-state index in [2.05, 4.69) is 4.72 Å². The number of sulfonamides is 1. The molecule has 5 nitrogen and oxygen atoms in total. The molecule has 0 aromatic carbocycles. The monoisotopic (exact) mass is 289 g/mol. The second-order valence-corrected chi connectivity index (χ2v) is 7.70. The molecule has 1 aromatic heterocycles. The van der Waals surface area contributed by atoms with Crippen molar-refractivity contribution in [3.8, 4) is 0 Å². The highest BCUT2D eigenvalue weighted by atomic mass is 32.2. The summed E-state index contributed by atoms with van der Waals surface area (Å²) in [6, 6.07) is 2.80. The van der Waals surface area contributed by atoms with Crippen LogP contribution < -0.4 is 4.72 Å². The van der Waals surface area contributed by atoms with Crippen LogP contribution in [-0.4, -0.2) is 25.5 Å². The van der Waals surface area contributed by atoms with E-state index in [0.717, 1.165) is 11.3 Å². The lowest BCUT2D eigenvalue weighted by atomic mass is 10.1. The van der Waals surface area contributed by atoms with Gasteiger partial charge in [-0.3, -0.25) is 4.79 Å². The molecule has 0 aliphatic heterocycles. The van der Waals surface area contributed by atoms with E-state index in [9.17, 15) is 13.2 Å². The summed E-state index contributed by atoms with van der Waals surface area (Å²) in [5.41, 5.74) is 0. The Morgan fingerprint density at radius 3 is 2.72 bits per heavy atom. The lowest BCUT2D eigenvalue weighted by Crippen LogP contribution is -2.39. The van der Waals surface area contributed by atoms with Gasteiger partial charge in [0.05, 0.1) is 5.92 Å². The van der Waals surface area contributed by atoms with E-state index in [-0.39, 0.29) is 4.21 Å². The van der Waals surface area contributed by atoms with E-state index in [0.29, 0.717) is 12.8 Å². The molecule has 1 aliphatic rings. The molecule has 0 spiro atoms. The summed E-state index contributed by atoms with van der Waals surface area (Å²) in [6.07, 6.45) is 1.86. The molecule has 18 heavy (non-hydrogen) atoms. The molecular formula is C11H15NO4S2. The summed E-state index contributed by atoms with van der Waals surface area (Å²) in [5.74, 6) is -1.54. The van der Waals surface area contributed by atoms with E-state index in [1.54, 1.807) is 12.1 Å². The molecule has 1 saturated carbocycles. The Kier molecular flexibility index (Phi) is 3.74. The van der Waals surface area contributed by atoms with Crippen molar-refractivity contribution in [3.05, 3.63) is 17.0 Å². The number of thiophene rings is 1. The molecule has 0 radical (unpaired) electrons. The Labute approximate surface area is 110 Å². The van der Waals surface area contributed by atoms with Crippen molar-refractivity contribution in [3.63, 3.8) is 0 Å². The second kappa shape index (κ2) is 4.99. The SMILES string of the molecule is Cc1ccc(S(=O)(=O)NC2CCCC2C(=O)O)s1. The highest BCUT2D eigenvalue weighted by molar-refractivity contribution is 7.91. The maximum atomic E-state index is 12.1. The minimum atomic E-state index is -3.58. The van der Waals surface area contributed by atoms with Gasteiger partial charge >= 0.3 is 5.97 Å². The first-order valence-electron chi connectivity index (χ1n) is 5.72. The van der Waals surface area contributed by atoms with Gasteiger partial charge in [0.15, 0.2) is 0 Å². The molecule has 7 heteroatoms. The van der Waals surface area contributed by atoms with Gasteiger partial charge in [-0.2, -0.15) is 0 Å². The average molecular weight is 289 g/mol. The van der Waals surface area contributed by atoms with Gasteiger partial charge in [-0.1, -0.05) is 6.42 Å². The first kappa shape index (κ1) is 13.5. The van der Waals surface area contributed by atoms with Crippen LogP contribution in [0.1, 0.15) is 24.1 Å². The smallest absolute Gasteiger partial charge is 0.308 e. The fraction of sp³-hybridized carbons (Fsp3) is 0.545. The van der Waals surface area contributed by atoms with E-state index in [4.69, 9.17) is 5.11 Å². The topological polar surface area (TPSA) is 83.5 Å². The number of aliphatic carboxylic acids is 1. The van der Waals surface area contributed by atoms with Crippen molar-refractivity contribution >= 4 is 27.3 Å². The van der Waals surface area contributed by atoms with Gasteiger partial charge in [-0.25, -0.2) is 13.1 Å². The number of carbonyl (C=O) groups is 1. The van der Waals surface area contributed by atoms with Crippen molar-refractivity contribution < 1.29 is 18.3 Å². The Hall–Kier alpha value is -0.920. The van der Waals surface area contributed by atoms with Crippen molar-refractivity contribution in [2.24, 2.45) is 5.92 Å². The summed E-state index contributed by atoms with van der Waals surface area (Å²) >= 11 is 1.19. The predicted molar refractivity (Wildman–Crippen MR) is 68.1 cm³/mol. The van der Waals surface area contributed by atoms with E-state index < -0.39 is 28.0 Å². The number of carboxylic acids is 1. The van der Waals surface area contributed by atoms with Crippen LogP contribution in [0.15, 0.2) is 16.3 Å². The maximum absolute atomic E-state index is 12.1. The molecule has 1 aliphatic carbocycles. The summed E-state index contributed by atoms with van der Waals surface area (Å²) in [7, 11) is -3.58. The minimum Gasteiger partial charge on any atom is -0.481 e. The number of rotatable bonds is 4.